The third kappa shape index (κ3) is 2.58. The molecular weight excluding hydrogens is 286 g/mol. The Labute approximate surface area is 127 Å². The van der Waals surface area contributed by atoms with Crippen molar-refractivity contribution in [1.29, 1.82) is 0 Å². The normalized spacial score (nSPS) is 22.8. The lowest BCUT2D eigenvalue weighted by molar-refractivity contribution is -0.129. The molecule has 3 heterocycles. The fraction of sp³-hybridized carbons (Fsp3) is 0.500. The van der Waals surface area contributed by atoms with Crippen molar-refractivity contribution in [2.45, 2.75) is 19.9 Å². The largest absolute Gasteiger partial charge is 0.383 e. The van der Waals surface area contributed by atoms with E-state index in [0.717, 1.165) is 35.6 Å². The van der Waals surface area contributed by atoms with Crippen LogP contribution in [0.3, 0.4) is 0 Å². The van der Waals surface area contributed by atoms with Crippen LogP contribution in [0.2, 0.25) is 0 Å². The van der Waals surface area contributed by atoms with E-state index in [1.54, 1.807) is 18.4 Å². The van der Waals surface area contributed by atoms with Gasteiger partial charge in [0.05, 0.1) is 17.3 Å². The van der Waals surface area contributed by atoms with Gasteiger partial charge >= 0.3 is 0 Å². The number of anilines is 1. The minimum absolute atomic E-state index is 0.0964. The van der Waals surface area contributed by atoms with Gasteiger partial charge in [0.25, 0.3) is 0 Å². The number of hydrogen-bond acceptors (Lipinski definition) is 6. The minimum Gasteiger partial charge on any atom is -0.383 e. The van der Waals surface area contributed by atoms with Crippen LogP contribution >= 0.6 is 11.3 Å². The standard InChI is InChI=1S/C14H19N5OS/c1-14(13(20)16-2)4-5-19(8-14)7-10-17-11(15)9-3-6-21-12(9)18-10/h3,6H,4-5,7-8H2,1-2H3,(H,16,20)(H2,15,17,18). The van der Waals surface area contributed by atoms with Crippen LogP contribution in [0.25, 0.3) is 10.2 Å². The number of nitrogens with zero attached hydrogens (tertiary/aromatic N) is 3. The van der Waals surface area contributed by atoms with Gasteiger partial charge in [-0.1, -0.05) is 0 Å². The Kier molecular flexibility index (Phi) is 3.54. The molecule has 1 atom stereocenters. The summed E-state index contributed by atoms with van der Waals surface area (Å²) in [5.41, 5.74) is 5.65. The van der Waals surface area contributed by atoms with E-state index in [9.17, 15) is 4.79 Å². The van der Waals surface area contributed by atoms with Crippen molar-refractivity contribution < 1.29 is 4.79 Å². The zero-order chi connectivity index (χ0) is 15.0. The van der Waals surface area contributed by atoms with E-state index in [1.165, 1.54) is 0 Å². The van der Waals surface area contributed by atoms with E-state index in [2.05, 4.69) is 20.2 Å². The second kappa shape index (κ2) is 5.23. The van der Waals surface area contributed by atoms with E-state index in [1.807, 2.05) is 18.4 Å². The Hall–Kier alpha value is -1.73. The fourth-order valence-corrected chi connectivity index (χ4v) is 3.66. The predicted octanol–water partition coefficient (Wildman–Crippen LogP) is 1.23. The van der Waals surface area contributed by atoms with Gasteiger partial charge in [-0.25, -0.2) is 9.97 Å². The molecule has 0 aliphatic carbocycles. The van der Waals surface area contributed by atoms with Gasteiger partial charge in [-0.2, -0.15) is 0 Å². The monoisotopic (exact) mass is 305 g/mol. The lowest BCUT2D eigenvalue weighted by atomic mass is 9.89. The molecule has 1 saturated heterocycles. The number of nitrogens with one attached hydrogen (secondary N) is 1. The third-order valence-corrected chi connectivity index (χ3v) is 4.90. The van der Waals surface area contributed by atoms with Crippen molar-refractivity contribution in [3.8, 4) is 0 Å². The summed E-state index contributed by atoms with van der Waals surface area (Å²) in [6.07, 6.45) is 0.851. The highest BCUT2D eigenvalue weighted by Gasteiger charge is 2.39. The number of carbonyl (C=O) groups excluding carboxylic acids is 1. The lowest BCUT2D eigenvalue weighted by Gasteiger charge is -2.22. The van der Waals surface area contributed by atoms with E-state index in [4.69, 9.17) is 5.73 Å². The molecule has 3 N–H and O–H groups in total. The summed E-state index contributed by atoms with van der Waals surface area (Å²) in [5.74, 6) is 1.35. The highest BCUT2D eigenvalue weighted by atomic mass is 32.1. The first-order valence-corrected chi connectivity index (χ1v) is 7.84. The van der Waals surface area contributed by atoms with Crippen molar-refractivity contribution >= 4 is 33.3 Å². The maximum Gasteiger partial charge on any atom is 0.227 e. The SMILES string of the molecule is CNC(=O)C1(C)CCN(Cc2nc(N)c3ccsc3n2)C1. The number of nitrogen functional groups attached to an aromatic ring is 1. The first-order valence-electron chi connectivity index (χ1n) is 6.96. The number of aromatic nitrogens is 2. The summed E-state index contributed by atoms with van der Waals surface area (Å²) >= 11 is 1.57. The van der Waals surface area contributed by atoms with Gasteiger partial charge in [-0.15, -0.1) is 11.3 Å². The smallest absolute Gasteiger partial charge is 0.227 e. The van der Waals surface area contributed by atoms with Crippen molar-refractivity contribution in [3.05, 3.63) is 17.3 Å². The molecular formula is C14H19N5OS. The van der Waals surface area contributed by atoms with E-state index < -0.39 is 0 Å². The Morgan fingerprint density at radius 3 is 3.14 bits per heavy atom. The highest BCUT2D eigenvalue weighted by Crippen LogP contribution is 2.31. The van der Waals surface area contributed by atoms with E-state index in [0.29, 0.717) is 12.4 Å². The molecule has 2 aromatic heterocycles. The van der Waals surface area contributed by atoms with Gasteiger partial charge in [0, 0.05) is 13.6 Å². The molecule has 1 aliphatic heterocycles. The van der Waals surface area contributed by atoms with Crippen molar-refractivity contribution in [3.63, 3.8) is 0 Å². The summed E-state index contributed by atoms with van der Waals surface area (Å²) in [4.78, 5) is 24.0. The molecule has 112 valence electrons. The van der Waals surface area contributed by atoms with Crippen LogP contribution in [0.1, 0.15) is 19.2 Å². The molecule has 1 amide bonds. The molecule has 0 spiro atoms. The summed E-state index contributed by atoms with van der Waals surface area (Å²) in [6.45, 7) is 4.22. The molecule has 0 saturated carbocycles. The van der Waals surface area contributed by atoms with Gasteiger partial charge < -0.3 is 11.1 Å². The van der Waals surface area contributed by atoms with Crippen LogP contribution in [0.5, 0.6) is 0 Å². The van der Waals surface area contributed by atoms with Gasteiger partial charge in [0.15, 0.2) is 0 Å². The van der Waals surface area contributed by atoms with Crippen LogP contribution in [0, 0.1) is 5.41 Å². The van der Waals surface area contributed by atoms with Gasteiger partial charge in [-0.05, 0) is 31.3 Å². The molecule has 1 aliphatic rings. The number of thiophene rings is 1. The minimum atomic E-state index is -0.326. The predicted molar refractivity (Wildman–Crippen MR) is 83.9 cm³/mol. The maximum absolute atomic E-state index is 11.9. The van der Waals surface area contributed by atoms with Crippen molar-refractivity contribution in [2.24, 2.45) is 5.41 Å². The number of rotatable bonds is 3. The van der Waals surface area contributed by atoms with Crippen LogP contribution < -0.4 is 11.1 Å². The molecule has 7 heteroatoms. The number of hydrogen-bond donors (Lipinski definition) is 2. The average molecular weight is 305 g/mol. The van der Waals surface area contributed by atoms with E-state index in [-0.39, 0.29) is 11.3 Å². The first kappa shape index (κ1) is 14.2. The Bertz CT molecular complexity index is 685. The zero-order valence-corrected chi connectivity index (χ0v) is 13.0. The number of carbonyl (C=O) groups is 1. The summed E-state index contributed by atoms with van der Waals surface area (Å²) in [6, 6.07) is 1.94. The summed E-state index contributed by atoms with van der Waals surface area (Å²) in [7, 11) is 1.69. The first-order chi connectivity index (χ1) is 10.0. The molecule has 0 radical (unpaired) electrons. The Morgan fingerprint density at radius 1 is 1.57 bits per heavy atom. The number of fused-ring (bicyclic) bond motifs is 1. The zero-order valence-electron chi connectivity index (χ0n) is 12.2. The number of likely N-dealkylation sites (tertiary alicyclic amines) is 1. The van der Waals surface area contributed by atoms with Crippen LogP contribution in [0.4, 0.5) is 5.82 Å². The van der Waals surface area contributed by atoms with Crippen LogP contribution in [-0.4, -0.2) is 40.9 Å². The second-order valence-electron chi connectivity index (χ2n) is 5.76. The molecule has 1 unspecified atom stereocenters. The van der Waals surface area contributed by atoms with Crippen LogP contribution in [-0.2, 0) is 11.3 Å². The lowest BCUT2D eigenvalue weighted by Crippen LogP contribution is -2.39. The maximum atomic E-state index is 11.9. The quantitative estimate of drug-likeness (QED) is 0.891. The second-order valence-corrected chi connectivity index (χ2v) is 6.66. The fourth-order valence-electron chi connectivity index (χ4n) is 2.87. The number of amides is 1. The average Bonchev–Trinajstić information content (AvgIpc) is 3.06. The van der Waals surface area contributed by atoms with Gasteiger partial charge in [-0.3, -0.25) is 9.69 Å². The topological polar surface area (TPSA) is 84.1 Å². The van der Waals surface area contributed by atoms with Crippen LogP contribution in [0.15, 0.2) is 11.4 Å². The third-order valence-electron chi connectivity index (χ3n) is 4.09. The molecule has 21 heavy (non-hydrogen) atoms. The molecule has 3 rings (SSSR count). The molecule has 6 nitrogen and oxygen atoms in total. The number of nitrogens with two attached hydrogens (primary N) is 1. The summed E-state index contributed by atoms with van der Waals surface area (Å²) < 4.78 is 0. The van der Waals surface area contributed by atoms with E-state index >= 15 is 0 Å². The van der Waals surface area contributed by atoms with Gasteiger partial charge in [0.2, 0.25) is 5.91 Å². The molecule has 2 aromatic rings. The van der Waals surface area contributed by atoms with Gasteiger partial charge in [0.1, 0.15) is 16.5 Å². The summed E-state index contributed by atoms with van der Waals surface area (Å²) in [5, 5.41) is 5.63. The molecule has 0 bridgehead atoms. The molecule has 1 fully saturated rings. The Morgan fingerprint density at radius 2 is 2.38 bits per heavy atom. The Balaban J connectivity index is 1.76. The highest BCUT2D eigenvalue weighted by molar-refractivity contribution is 7.16. The molecule has 0 aromatic carbocycles. The van der Waals surface area contributed by atoms with Crippen molar-refractivity contribution in [1.82, 2.24) is 20.2 Å². The van der Waals surface area contributed by atoms with Crippen molar-refractivity contribution in [2.75, 3.05) is 25.9 Å².